The fourth-order valence-corrected chi connectivity index (χ4v) is 2.60. The van der Waals surface area contributed by atoms with Crippen molar-refractivity contribution in [3.05, 3.63) is 36.3 Å². The highest BCUT2D eigenvalue weighted by Gasteiger charge is 2.24. The molecule has 1 saturated heterocycles. The van der Waals surface area contributed by atoms with Gasteiger partial charge in [0.1, 0.15) is 5.82 Å². The van der Waals surface area contributed by atoms with Gasteiger partial charge in [-0.2, -0.15) is 5.10 Å². The van der Waals surface area contributed by atoms with Gasteiger partial charge in [0, 0.05) is 31.7 Å². The quantitative estimate of drug-likeness (QED) is 0.863. The van der Waals surface area contributed by atoms with Gasteiger partial charge in [-0.15, -0.1) is 5.10 Å². The Morgan fingerprint density at radius 3 is 3.14 bits per heavy atom. The second-order valence-corrected chi connectivity index (χ2v) is 5.21. The van der Waals surface area contributed by atoms with Crippen LogP contribution in [0.4, 0.5) is 10.3 Å². The summed E-state index contributed by atoms with van der Waals surface area (Å²) < 4.78 is 18.5. The zero-order valence-electron chi connectivity index (χ0n) is 11.9. The molecule has 0 spiro atoms. The van der Waals surface area contributed by atoms with Crippen molar-refractivity contribution in [1.82, 2.24) is 15.2 Å². The first-order valence-corrected chi connectivity index (χ1v) is 6.96. The van der Waals surface area contributed by atoms with Crippen molar-refractivity contribution in [2.24, 2.45) is 5.92 Å². The first-order chi connectivity index (χ1) is 10.3. The maximum atomic E-state index is 13.3. The highest BCUT2D eigenvalue weighted by atomic mass is 19.1. The molecule has 0 saturated carbocycles. The lowest BCUT2D eigenvalue weighted by Crippen LogP contribution is -2.23. The van der Waals surface area contributed by atoms with E-state index in [0.29, 0.717) is 23.1 Å². The predicted molar refractivity (Wildman–Crippen MR) is 77.4 cm³/mol. The highest BCUT2D eigenvalue weighted by Crippen LogP contribution is 2.23. The van der Waals surface area contributed by atoms with Gasteiger partial charge < -0.3 is 9.64 Å². The van der Waals surface area contributed by atoms with Crippen LogP contribution in [0, 0.1) is 11.7 Å². The molecule has 1 aromatic heterocycles. The zero-order chi connectivity index (χ0) is 14.7. The van der Waals surface area contributed by atoms with Crippen molar-refractivity contribution in [2.45, 2.75) is 6.42 Å². The van der Waals surface area contributed by atoms with Crippen LogP contribution in [0.5, 0.6) is 0 Å². The van der Waals surface area contributed by atoms with E-state index < -0.39 is 0 Å². The van der Waals surface area contributed by atoms with Crippen LogP contribution in [0.2, 0.25) is 0 Å². The van der Waals surface area contributed by atoms with Crippen LogP contribution in [0.1, 0.15) is 6.42 Å². The first-order valence-electron chi connectivity index (χ1n) is 6.96. The summed E-state index contributed by atoms with van der Waals surface area (Å²) in [5.74, 6) is 0.806. The monoisotopic (exact) mass is 288 g/mol. The van der Waals surface area contributed by atoms with E-state index in [1.165, 1.54) is 12.1 Å². The van der Waals surface area contributed by atoms with E-state index in [1.807, 2.05) is 6.07 Å². The summed E-state index contributed by atoms with van der Waals surface area (Å²) in [5, 5.41) is 8.09. The number of nitrogens with zero attached hydrogens (tertiary/aromatic N) is 4. The Balaban J connectivity index is 1.81. The first kappa shape index (κ1) is 13.9. The summed E-state index contributed by atoms with van der Waals surface area (Å²) in [4.78, 5) is 6.60. The maximum Gasteiger partial charge on any atom is 0.245 e. The van der Waals surface area contributed by atoms with E-state index in [1.54, 1.807) is 19.4 Å². The lowest BCUT2D eigenvalue weighted by molar-refractivity contribution is 0.161. The third-order valence-corrected chi connectivity index (χ3v) is 3.64. The number of halogens is 1. The van der Waals surface area contributed by atoms with Crippen molar-refractivity contribution >= 4 is 5.95 Å². The molecule has 1 fully saturated rings. The number of anilines is 1. The smallest absolute Gasteiger partial charge is 0.245 e. The van der Waals surface area contributed by atoms with Gasteiger partial charge in [-0.05, 0) is 18.6 Å². The molecule has 3 rings (SSSR count). The summed E-state index contributed by atoms with van der Waals surface area (Å²) in [5.41, 5.74) is 1.34. The molecule has 2 heterocycles. The lowest BCUT2D eigenvalue weighted by atomic mass is 10.1. The molecule has 2 aromatic rings. The summed E-state index contributed by atoms with van der Waals surface area (Å²) in [6.45, 7) is 2.50. The van der Waals surface area contributed by atoms with Crippen LogP contribution in [-0.4, -0.2) is 42.0 Å². The van der Waals surface area contributed by atoms with Crippen LogP contribution in [0.25, 0.3) is 11.3 Å². The number of aromatic nitrogens is 3. The molecule has 1 atom stereocenters. The Morgan fingerprint density at radius 2 is 2.33 bits per heavy atom. The van der Waals surface area contributed by atoms with Crippen LogP contribution in [0.3, 0.4) is 0 Å². The third-order valence-electron chi connectivity index (χ3n) is 3.64. The van der Waals surface area contributed by atoms with Crippen molar-refractivity contribution in [3.63, 3.8) is 0 Å². The van der Waals surface area contributed by atoms with Gasteiger partial charge in [0.2, 0.25) is 5.95 Å². The molecule has 5 nitrogen and oxygen atoms in total. The van der Waals surface area contributed by atoms with E-state index in [0.717, 1.165) is 26.1 Å². The third kappa shape index (κ3) is 3.16. The highest BCUT2D eigenvalue weighted by molar-refractivity contribution is 5.59. The Morgan fingerprint density at radius 1 is 1.43 bits per heavy atom. The summed E-state index contributed by atoms with van der Waals surface area (Å²) in [6, 6.07) is 6.34. The van der Waals surface area contributed by atoms with Crippen molar-refractivity contribution in [2.75, 3.05) is 31.7 Å². The largest absolute Gasteiger partial charge is 0.384 e. The van der Waals surface area contributed by atoms with Gasteiger partial charge in [0.25, 0.3) is 0 Å². The number of hydrogen-bond acceptors (Lipinski definition) is 5. The van der Waals surface area contributed by atoms with Crippen LogP contribution < -0.4 is 4.90 Å². The van der Waals surface area contributed by atoms with Crippen molar-refractivity contribution < 1.29 is 9.13 Å². The Labute approximate surface area is 122 Å². The standard InChI is InChI=1S/C15H17FN4O/c1-21-10-11-5-6-20(9-11)15-18-14(8-17-19-15)12-3-2-4-13(16)7-12/h2-4,7-8,11H,5-6,9-10H2,1H3. The predicted octanol–water partition coefficient (Wildman–Crippen LogP) is 2.15. The van der Waals surface area contributed by atoms with Gasteiger partial charge in [-0.25, -0.2) is 9.37 Å². The molecule has 110 valence electrons. The van der Waals surface area contributed by atoms with E-state index in [2.05, 4.69) is 20.1 Å². The van der Waals surface area contributed by atoms with E-state index in [-0.39, 0.29) is 5.82 Å². The minimum atomic E-state index is -0.283. The topological polar surface area (TPSA) is 51.1 Å². The molecule has 1 aromatic carbocycles. The summed E-state index contributed by atoms with van der Waals surface area (Å²) in [6.07, 6.45) is 2.61. The molecule has 0 radical (unpaired) electrons. The average molecular weight is 288 g/mol. The molecule has 21 heavy (non-hydrogen) atoms. The van der Waals surface area contributed by atoms with Crippen LogP contribution in [-0.2, 0) is 4.74 Å². The number of benzene rings is 1. The molecular weight excluding hydrogens is 271 g/mol. The van der Waals surface area contributed by atoms with Gasteiger partial charge in [0.05, 0.1) is 18.5 Å². The lowest BCUT2D eigenvalue weighted by Gasteiger charge is -2.16. The number of methoxy groups -OCH3 is 1. The van der Waals surface area contributed by atoms with E-state index >= 15 is 0 Å². The minimum Gasteiger partial charge on any atom is -0.384 e. The number of hydrogen-bond donors (Lipinski definition) is 0. The number of rotatable bonds is 4. The molecule has 0 amide bonds. The molecule has 0 bridgehead atoms. The van der Waals surface area contributed by atoms with Gasteiger partial charge >= 0.3 is 0 Å². The second kappa shape index (κ2) is 6.13. The normalized spacial score (nSPS) is 18.2. The number of ether oxygens (including phenoxy) is 1. The van der Waals surface area contributed by atoms with E-state index in [9.17, 15) is 4.39 Å². The molecule has 1 aliphatic heterocycles. The summed E-state index contributed by atoms with van der Waals surface area (Å²) in [7, 11) is 1.71. The molecule has 6 heteroatoms. The fourth-order valence-electron chi connectivity index (χ4n) is 2.60. The maximum absolute atomic E-state index is 13.3. The second-order valence-electron chi connectivity index (χ2n) is 5.21. The fraction of sp³-hybridized carbons (Fsp3) is 0.400. The minimum absolute atomic E-state index is 0.283. The molecule has 0 N–H and O–H groups in total. The van der Waals surface area contributed by atoms with Gasteiger partial charge in [-0.1, -0.05) is 12.1 Å². The van der Waals surface area contributed by atoms with Crippen molar-refractivity contribution in [1.29, 1.82) is 0 Å². The Hall–Kier alpha value is -2.08. The molecular formula is C15H17FN4O. The van der Waals surface area contributed by atoms with Gasteiger partial charge in [0.15, 0.2) is 0 Å². The summed E-state index contributed by atoms with van der Waals surface area (Å²) >= 11 is 0. The van der Waals surface area contributed by atoms with Crippen molar-refractivity contribution in [3.8, 4) is 11.3 Å². The average Bonchev–Trinajstić information content (AvgIpc) is 2.97. The van der Waals surface area contributed by atoms with Crippen LogP contribution in [0.15, 0.2) is 30.5 Å². The van der Waals surface area contributed by atoms with Gasteiger partial charge in [-0.3, -0.25) is 0 Å². The molecule has 1 unspecified atom stereocenters. The Bertz CT molecular complexity index is 622. The Kier molecular flexibility index (Phi) is 4.06. The molecule has 1 aliphatic rings. The SMILES string of the molecule is COCC1CCN(c2nncc(-c3cccc(F)c3)n2)C1. The van der Waals surface area contributed by atoms with Crippen LogP contribution >= 0.6 is 0 Å². The van der Waals surface area contributed by atoms with E-state index in [4.69, 9.17) is 4.74 Å². The molecule has 0 aliphatic carbocycles. The zero-order valence-corrected chi connectivity index (χ0v) is 11.9.